The molecule has 1 rings (SSSR count). The Balaban J connectivity index is 3.28. The molecule has 0 atom stereocenters. The smallest absolute Gasteiger partial charge is 0.265 e. The molecule has 1 heterocycles. The molecule has 0 spiro atoms. The number of aliphatic hydroxyl groups is 1. The maximum Gasteiger partial charge on any atom is 0.265 e. The zero-order valence-corrected chi connectivity index (χ0v) is 8.35. The summed E-state index contributed by atoms with van der Waals surface area (Å²) in [6.45, 7) is 1.36. The van der Waals surface area contributed by atoms with Crippen molar-refractivity contribution in [2.75, 3.05) is 0 Å². The molecule has 78 valence electrons. The van der Waals surface area contributed by atoms with Gasteiger partial charge in [-0.25, -0.2) is 8.78 Å². The summed E-state index contributed by atoms with van der Waals surface area (Å²) in [5.41, 5.74) is 1.14. The van der Waals surface area contributed by atoms with E-state index in [9.17, 15) is 8.78 Å². The van der Waals surface area contributed by atoms with Crippen molar-refractivity contribution < 1.29 is 13.9 Å². The third kappa shape index (κ3) is 2.01. The van der Waals surface area contributed by atoms with Gasteiger partial charge in [-0.1, -0.05) is 0 Å². The van der Waals surface area contributed by atoms with Gasteiger partial charge in [0.2, 0.25) is 0 Å². The lowest BCUT2D eigenvalue weighted by atomic mass is 10.0. The van der Waals surface area contributed by atoms with Crippen LogP contribution in [-0.2, 0) is 12.5 Å². The molecular weight excluding hydrogens is 212 g/mol. The summed E-state index contributed by atoms with van der Waals surface area (Å²) in [4.78, 5) is 3.74. The van der Waals surface area contributed by atoms with Gasteiger partial charge in [0.15, 0.2) is 0 Å². The average Bonchev–Trinajstić information content (AvgIpc) is 2.17. The quantitative estimate of drug-likeness (QED) is 0.796. The van der Waals surface area contributed by atoms with Crippen LogP contribution in [0.1, 0.15) is 28.8 Å². The van der Waals surface area contributed by atoms with Crippen molar-refractivity contribution in [2.24, 2.45) is 0 Å². The minimum atomic E-state index is -2.58. The predicted molar refractivity (Wildman–Crippen MR) is 49.4 cm³/mol. The van der Waals surface area contributed by atoms with Crippen LogP contribution in [0.4, 0.5) is 8.78 Å². The van der Waals surface area contributed by atoms with Gasteiger partial charge in [0.1, 0.15) is 0 Å². The van der Waals surface area contributed by atoms with Crippen LogP contribution in [0.15, 0.2) is 6.20 Å². The average molecular weight is 222 g/mol. The Bertz CT molecular complexity index is 331. The highest BCUT2D eigenvalue weighted by Crippen LogP contribution is 2.27. The fourth-order valence-electron chi connectivity index (χ4n) is 1.24. The van der Waals surface area contributed by atoms with Crippen LogP contribution in [0.25, 0.3) is 0 Å². The number of alkyl halides is 3. The van der Waals surface area contributed by atoms with Crippen molar-refractivity contribution in [3.8, 4) is 0 Å². The van der Waals surface area contributed by atoms with E-state index in [1.165, 1.54) is 0 Å². The molecule has 1 N–H and O–H groups in total. The van der Waals surface area contributed by atoms with Crippen molar-refractivity contribution in [1.29, 1.82) is 0 Å². The summed E-state index contributed by atoms with van der Waals surface area (Å²) < 4.78 is 24.9. The summed E-state index contributed by atoms with van der Waals surface area (Å²) >= 11 is 5.57. The molecule has 0 fully saturated rings. The van der Waals surface area contributed by atoms with Crippen molar-refractivity contribution in [3.05, 3.63) is 28.6 Å². The Kier molecular flexibility index (Phi) is 3.77. The van der Waals surface area contributed by atoms with E-state index in [2.05, 4.69) is 4.98 Å². The van der Waals surface area contributed by atoms with Crippen LogP contribution in [0.3, 0.4) is 0 Å². The molecule has 1 aromatic heterocycles. The normalized spacial score (nSPS) is 11.0. The fraction of sp³-hybridized carbons (Fsp3) is 0.444. The Morgan fingerprint density at radius 3 is 2.64 bits per heavy atom. The van der Waals surface area contributed by atoms with Gasteiger partial charge in [-0.2, -0.15) is 0 Å². The maximum atomic E-state index is 12.5. The molecule has 1 aromatic rings. The Hall–Kier alpha value is -0.740. The summed E-state index contributed by atoms with van der Waals surface area (Å²) in [5, 5.41) is 8.87. The van der Waals surface area contributed by atoms with E-state index in [0.717, 1.165) is 6.20 Å². The molecule has 0 aromatic carbocycles. The molecule has 2 nitrogen and oxygen atoms in total. The zero-order valence-electron chi connectivity index (χ0n) is 7.60. The molecule has 0 amide bonds. The number of aromatic nitrogens is 1. The molecule has 0 radical (unpaired) electrons. The predicted octanol–water partition coefficient (Wildman–Crippen LogP) is 2.56. The summed E-state index contributed by atoms with van der Waals surface area (Å²) in [5.74, 6) is 0.00102. The van der Waals surface area contributed by atoms with Crippen LogP contribution in [0, 0.1) is 6.92 Å². The van der Waals surface area contributed by atoms with Crippen molar-refractivity contribution in [3.63, 3.8) is 0 Å². The van der Waals surface area contributed by atoms with Crippen LogP contribution < -0.4 is 0 Å². The monoisotopic (exact) mass is 221 g/mol. The van der Waals surface area contributed by atoms with E-state index in [1.807, 2.05) is 0 Å². The van der Waals surface area contributed by atoms with E-state index in [0.29, 0.717) is 16.8 Å². The third-order valence-electron chi connectivity index (χ3n) is 2.11. The third-order valence-corrected chi connectivity index (χ3v) is 2.38. The Morgan fingerprint density at radius 2 is 2.21 bits per heavy atom. The molecule has 0 saturated carbocycles. The Morgan fingerprint density at radius 1 is 1.57 bits per heavy atom. The van der Waals surface area contributed by atoms with Gasteiger partial charge < -0.3 is 5.11 Å². The van der Waals surface area contributed by atoms with E-state index >= 15 is 0 Å². The first kappa shape index (κ1) is 11.3. The van der Waals surface area contributed by atoms with Crippen molar-refractivity contribution >= 4 is 11.6 Å². The topological polar surface area (TPSA) is 33.1 Å². The summed E-state index contributed by atoms with van der Waals surface area (Å²) in [6, 6.07) is 0. The van der Waals surface area contributed by atoms with Gasteiger partial charge in [0, 0.05) is 17.6 Å². The highest BCUT2D eigenvalue weighted by molar-refractivity contribution is 6.17. The largest absolute Gasteiger partial charge is 0.390 e. The SMILES string of the molecule is Cc1c(CO)ncc(C(F)F)c1CCl. The minimum absolute atomic E-state index is 0.00102. The van der Waals surface area contributed by atoms with Gasteiger partial charge in [0.05, 0.1) is 12.3 Å². The number of aliphatic hydroxyl groups excluding tert-OH is 1. The number of hydrogen-bond donors (Lipinski definition) is 1. The number of pyridine rings is 1. The fourth-order valence-corrected chi connectivity index (χ4v) is 1.59. The van der Waals surface area contributed by atoms with Crippen LogP contribution in [0.5, 0.6) is 0 Å². The lowest BCUT2D eigenvalue weighted by Gasteiger charge is -2.11. The highest BCUT2D eigenvalue weighted by atomic mass is 35.5. The summed E-state index contributed by atoms with van der Waals surface area (Å²) in [7, 11) is 0. The number of halogens is 3. The van der Waals surface area contributed by atoms with Gasteiger partial charge in [-0.15, -0.1) is 11.6 Å². The summed E-state index contributed by atoms with van der Waals surface area (Å²) in [6.07, 6.45) is -1.51. The first-order chi connectivity index (χ1) is 6.61. The second-order valence-electron chi connectivity index (χ2n) is 2.86. The minimum Gasteiger partial charge on any atom is -0.390 e. The number of nitrogens with zero attached hydrogens (tertiary/aromatic N) is 1. The van der Waals surface area contributed by atoms with E-state index in [1.54, 1.807) is 6.92 Å². The number of hydrogen-bond acceptors (Lipinski definition) is 2. The molecule has 0 bridgehead atoms. The van der Waals surface area contributed by atoms with Crippen LogP contribution in [0.2, 0.25) is 0 Å². The van der Waals surface area contributed by atoms with Crippen LogP contribution in [-0.4, -0.2) is 10.1 Å². The molecule has 14 heavy (non-hydrogen) atoms. The van der Waals surface area contributed by atoms with E-state index in [-0.39, 0.29) is 18.1 Å². The zero-order chi connectivity index (χ0) is 10.7. The second kappa shape index (κ2) is 4.66. The van der Waals surface area contributed by atoms with Gasteiger partial charge >= 0.3 is 0 Å². The first-order valence-electron chi connectivity index (χ1n) is 4.04. The molecule has 0 aliphatic heterocycles. The van der Waals surface area contributed by atoms with Crippen molar-refractivity contribution in [2.45, 2.75) is 25.8 Å². The highest BCUT2D eigenvalue weighted by Gasteiger charge is 2.16. The number of rotatable bonds is 3. The lowest BCUT2D eigenvalue weighted by Crippen LogP contribution is -2.03. The lowest BCUT2D eigenvalue weighted by molar-refractivity contribution is 0.149. The molecular formula is C9H10ClF2NO. The maximum absolute atomic E-state index is 12.5. The van der Waals surface area contributed by atoms with Gasteiger partial charge in [-0.05, 0) is 18.1 Å². The molecule has 0 saturated heterocycles. The van der Waals surface area contributed by atoms with Gasteiger partial charge in [-0.3, -0.25) is 4.98 Å². The van der Waals surface area contributed by atoms with E-state index < -0.39 is 6.43 Å². The van der Waals surface area contributed by atoms with Crippen LogP contribution >= 0.6 is 11.6 Å². The molecule has 0 unspecified atom stereocenters. The Labute approximate surface area is 85.5 Å². The molecule has 0 aliphatic carbocycles. The first-order valence-corrected chi connectivity index (χ1v) is 4.57. The van der Waals surface area contributed by atoms with Crippen molar-refractivity contribution in [1.82, 2.24) is 4.98 Å². The van der Waals surface area contributed by atoms with Gasteiger partial charge in [0.25, 0.3) is 6.43 Å². The standard InChI is InChI=1S/C9H10ClF2NO/c1-5-6(2-10)7(9(11)12)3-13-8(5)4-14/h3,9,14H,2,4H2,1H3. The molecule has 0 aliphatic rings. The van der Waals surface area contributed by atoms with E-state index in [4.69, 9.17) is 16.7 Å². The second-order valence-corrected chi connectivity index (χ2v) is 3.12. The molecule has 5 heteroatoms.